The average molecular weight is 444 g/mol. The number of aryl methyl sites for hydroxylation is 1. The number of nitrogens with one attached hydrogen (secondary N) is 2. The lowest BCUT2D eigenvalue weighted by Crippen LogP contribution is -2.28. The molecular weight excluding hydrogens is 417 g/mol. The first kappa shape index (κ1) is 23.4. The smallest absolute Gasteiger partial charge is 0.261 e. The lowest BCUT2D eigenvalue weighted by molar-refractivity contribution is 0.267. The molecule has 1 aliphatic rings. The molecule has 0 bridgehead atoms. The second-order valence-corrected chi connectivity index (χ2v) is 8.80. The number of sulfonamides is 1. The minimum Gasteiger partial charge on any atom is -0.476 e. The third kappa shape index (κ3) is 6.04. The highest BCUT2D eigenvalue weighted by atomic mass is 35.5. The Morgan fingerprint density at radius 2 is 2.00 bits per heavy atom. The van der Waals surface area contributed by atoms with Gasteiger partial charge in [0.1, 0.15) is 6.61 Å². The zero-order valence-electron chi connectivity index (χ0n) is 16.5. The van der Waals surface area contributed by atoms with E-state index in [0.29, 0.717) is 29.9 Å². The molecule has 6 nitrogen and oxygen atoms in total. The molecule has 1 fully saturated rings. The zero-order chi connectivity index (χ0) is 20.1. The van der Waals surface area contributed by atoms with Crippen molar-refractivity contribution < 1.29 is 17.5 Å². The number of ether oxygens (including phenoxy) is 1. The van der Waals surface area contributed by atoms with E-state index in [9.17, 15) is 12.8 Å². The van der Waals surface area contributed by atoms with Crippen LogP contribution in [0.5, 0.6) is 5.88 Å². The molecule has 0 amide bonds. The fourth-order valence-electron chi connectivity index (χ4n) is 3.08. The molecule has 0 spiro atoms. The summed E-state index contributed by atoms with van der Waals surface area (Å²) in [6.45, 7) is 4.55. The lowest BCUT2D eigenvalue weighted by Gasteiger charge is -2.14. The van der Waals surface area contributed by atoms with Crippen LogP contribution in [0.3, 0.4) is 0 Å². The van der Waals surface area contributed by atoms with Crippen molar-refractivity contribution in [2.75, 3.05) is 24.5 Å². The van der Waals surface area contributed by atoms with Gasteiger partial charge in [-0.1, -0.05) is 19.1 Å². The normalized spacial score (nSPS) is 17.4. The van der Waals surface area contributed by atoms with Gasteiger partial charge in [0.15, 0.2) is 0 Å². The third-order valence-electron chi connectivity index (χ3n) is 4.89. The van der Waals surface area contributed by atoms with Crippen molar-refractivity contribution in [3.05, 3.63) is 47.7 Å². The molecule has 0 radical (unpaired) electrons. The number of rotatable bonds is 8. The van der Waals surface area contributed by atoms with Crippen LogP contribution in [0.25, 0.3) is 0 Å². The van der Waals surface area contributed by atoms with Crippen LogP contribution < -0.4 is 14.8 Å². The van der Waals surface area contributed by atoms with Crippen molar-refractivity contribution >= 4 is 28.1 Å². The maximum atomic E-state index is 12.8. The highest BCUT2D eigenvalue weighted by Crippen LogP contribution is 2.23. The van der Waals surface area contributed by atoms with Gasteiger partial charge in [-0.05, 0) is 50.1 Å². The summed E-state index contributed by atoms with van der Waals surface area (Å²) in [5, 5.41) is 3.35. The number of pyridine rings is 1. The Hall–Kier alpha value is -1.90. The van der Waals surface area contributed by atoms with Gasteiger partial charge in [0.05, 0.1) is 23.0 Å². The first-order chi connectivity index (χ1) is 13.4. The van der Waals surface area contributed by atoms with Gasteiger partial charge in [0, 0.05) is 18.0 Å². The predicted octanol–water partition coefficient (Wildman–Crippen LogP) is 3.82. The molecule has 9 heteroatoms. The van der Waals surface area contributed by atoms with Gasteiger partial charge in [0.2, 0.25) is 5.88 Å². The van der Waals surface area contributed by atoms with E-state index in [1.165, 1.54) is 12.1 Å². The van der Waals surface area contributed by atoms with E-state index in [1.807, 2.05) is 0 Å². The maximum Gasteiger partial charge on any atom is 0.261 e. The Kier molecular flexibility index (Phi) is 8.24. The summed E-state index contributed by atoms with van der Waals surface area (Å²) in [5.74, 6) is 0.210. The van der Waals surface area contributed by atoms with Crippen molar-refractivity contribution in [3.8, 4) is 5.88 Å². The van der Waals surface area contributed by atoms with E-state index in [2.05, 4.69) is 15.0 Å². The van der Waals surface area contributed by atoms with Crippen LogP contribution in [-0.2, 0) is 10.0 Å². The number of halogens is 2. The highest BCUT2D eigenvalue weighted by Gasteiger charge is 2.18. The van der Waals surface area contributed by atoms with Crippen LogP contribution >= 0.6 is 12.4 Å². The van der Waals surface area contributed by atoms with Gasteiger partial charge in [0.25, 0.3) is 10.0 Å². The van der Waals surface area contributed by atoms with Gasteiger partial charge in [-0.25, -0.2) is 13.4 Å². The minimum atomic E-state index is -3.76. The Labute approximate surface area is 177 Å². The molecule has 2 N–H and O–H groups in total. The first-order valence-corrected chi connectivity index (χ1v) is 10.9. The number of nitrogens with zero attached hydrogens (tertiary/aromatic N) is 1. The maximum absolute atomic E-state index is 12.8. The molecule has 160 valence electrons. The van der Waals surface area contributed by atoms with Gasteiger partial charge in [-0.3, -0.25) is 9.11 Å². The number of anilines is 1. The molecule has 29 heavy (non-hydrogen) atoms. The van der Waals surface area contributed by atoms with Crippen LogP contribution in [0.1, 0.15) is 36.9 Å². The summed E-state index contributed by atoms with van der Waals surface area (Å²) < 4.78 is 46.3. The van der Waals surface area contributed by atoms with Gasteiger partial charge >= 0.3 is 0 Å². The Bertz CT molecular complexity index is 904. The number of hydrogen-bond acceptors (Lipinski definition) is 5. The van der Waals surface area contributed by atoms with E-state index in [4.69, 9.17) is 4.74 Å². The molecule has 1 aliphatic heterocycles. The molecule has 0 unspecified atom stereocenters. The van der Waals surface area contributed by atoms with E-state index in [-0.39, 0.29) is 23.2 Å². The summed E-state index contributed by atoms with van der Waals surface area (Å²) in [6, 6.07) is 9.89. The largest absolute Gasteiger partial charge is 0.476 e. The zero-order valence-corrected chi connectivity index (χ0v) is 18.2. The van der Waals surface area contributed by atoms with Crippen LogP contribution in [0.15, 0.2) is 41.3 Å². The Balaban J connectivity index is 0.00000300. The Morgan fingerprint density at radius 1 is 1.28 bits per heavy atom. The van der Waals surface area contributed by atoms with Crippen molar-refractivity contribution in [2.24, 2.45) is 0 Å². The van der Waals surface area contributed by atoms with Gasteiger partial charge in [-0.15, -0.1) is 12.4 Å². The monoisotopic (exact) mass is 443 g/mol. The minimum absolute atomic E-state index is 0. The summed E-state index contributed by atoms with van der Waals surface area (Å²) >= 11 is 0. The van der Waals surface area contributed by atoms with Crippen molar-refractivity contribution in [1.82, 2.24) is 10.3 Å². The molecule has 1 aromatic carbocycles. The molecular formula is C20H27ClFN3O3S. The molecule has 1 aromatic heterocycles. The van der Waals surface area contributed by atoms with Crippen molar-refractivity contribution in [3.63, 3.8) is 0 Å². The van der Waals surface area contributed by atoms with Gasteiger partial charge in [-0.2, -0.15) is 0 Å². The van der Waals surface area contributed by atoms with Crippen LogP contribution in [0.4, 0.5) is 10.1 Å². The van der Waals surface area contributed by atoms with Crippen LogP contribution in [-0.4, -0.2) is 39.3 Å². The van der Waals surface area contributed by atoms with E-state index < -0.39 is 16.7 Å². The molecule has 0 aliphatic carbocycles. The highest BCUT2D eigenvalue weighted by molar-refractivity contribution is 7.92. The number of hydrogen-bond donors (Lipinski definition) is 2. The standard InChI is InChI=1S/C20H26FN3O3S.ClH/c1-14(12-21)16-5-7-18(8-6-16)28(25,26)24-19-9-10-20(23-15(19)2)27-13-17-4-3-11-22-17;/h5-10,14,17,22,24H,3-4,11-13H2,1-2H3;1H/t14-,17-;/m0./s1. The molecule has 2 aromatic rings. The van der Waals surface area contributed by atoms with Gasteiger partial charge < -0.3 is 10.1 Å². The van der Waals surface area contributed by atoms with E-state index in [1.54, 1.807) is 38.1 Å². The lowest BCUT2D eigenvalue weighted by atomic mass is 10.0. The summed E-state index contributed by atoms with van der Waals surface area (Å²) in [6.07, 6.45) is 2.23. The SMILES string of the molecule is Cc1nc(OC[C@@H]2CCCN2)ccc1NS(=O)(=O)c1ccc([C@@H](C)CF)cc1.Cl. The number of aromatic nitrogens is 1. The third-order valence-corrected chi connectivity index (χ3v) is 6.27. The molecule has 2 heterocycles. The van der Waals surface area contributed by atoms with E-state index in [0.717, 1.165) is 24.9 Å². The molecule has 2 atom stereocenters. The summed E-state index contributed by atoms with van der Waals surface area (Å²) in [4.78, 5) is 4.46. The van der Waals surface area contributed by atoms with E-state index >= 15 is 0 Å². The fourth-order valence-corrected chi connectivity index (χ4v) is 4.20. The summed E-state index contributed by atoms with van der Waals surface area (Å²) in [7, 11) is -3.76. The molecule has 3 rings (SSSR count). The quantitative estimate of drug-likeness (QED) is 0.648. The van der Waals surface area contributed by atoms with Crippen LogP contribution in [0.2, 0.25) is 0 Å². The predicted molar refractivity (Wildman–Crippen MR) is 114 cm³/mol. The number of alkyl halides is 1. The summed E-state index contributed by atoms with van der Waals surface area (Å²) in [5.41, 5.74) is 1.69. The molecule has 0 saturated carbocycles. The second-order valence-electron chi connectivity index (χ2n) is 7.12. The topological polar surface area (TPSA) is 80.3 Å². The van der Waals surface area contributed by atoms with Crippen molar-refractivity contribution in [1.29, 1.82) is 0 Å². The first-order valence-electron chi connectivity index (χ1n) is 9.41. The number of benzene rings is 1. The second kappa shape index (κ2) is 10.2. The van der Waals surface area contributed by atoms with Crippen molar-refractivity contribution in [2.45, 2.75) is 43.5 Å². The molecule has 1 saturated heterocycles. The van der Waals surface area contributed by atoms with Crippen LogP contribution in [0, 0.1) is 6.92 Å². The Morgan fingerprint density at radius 3 is 2.59 bits per heavy atom. The fraction of sp³-hybridized carbons (Fsp3) is 0.450. The average Bonchev–Trinajstić information content (AvgIpc) is 3.21.